The Morgan fingerprint density at radius 1 is 0.649 bits per heavy atom. The Kier molecular flexibility index (Phi) is 10.5. The highest BCUT2D eigenvalue weighted by Crippen LogP contribution is 2.32. The van der Waals surface area contributed by atoms with Gasteiger partial charge in [-0.05, 0) is 0 Å². The van der Waals surface area contributed by atoms with Crippen LogP contribution in [0.2, 0.25) is 0 Å². The minimum Gasteiger partial charge on any atom is -0.394 e. The lowest BCUT2D eigenvalue weighted by Crippen LogP contribution is -2.68. The zero-order chi connectivity index (χ0) is 27.6. The molecule has 3 rings (SSSR count). The van der Waals surface area contributed by atoms with Crippen LogP contribution in [0.25, 0.3) is 0 Å². The summed E-state index contributed by atoms with van der Waals surface area (Å²) < 4.78 is 27.0. The molecular weight excluding hydrogens is 510 g/mol. The fourth-order valence-corrected chi connectivity index (χ4v) is 4.46. The first-order valence-electron chi connectivity index (χ1n) is 11.6. The lowest BCUT2D eigenvalue weighted by atomic mass is 9.95. The van der Waals surface area contributed by atoms with E-state index in [0.717, 1.165) is 6.92 Å². The fourth-order valence-electron chi connectivity index (χ4n) is 4.46. The molecule has 15 atom stereocenters. The van der Waals surface area contributed by atoms with Gasteiger partial charge in [0.05, 0.1) is 19.8 Å². The van der Waals surface area contributed by atoms with Gasteiger partial charge in [0.25, 0.3) is 0 Å². The Bertz CT molecular complexity index is 743. The van der Waals surface area contributed by atoms with Crippen LogP contribution in [0.3, 0.4) is 0 Å². The maximum atomic E-state index is 11.6. The maximum absolute atomic E-state index is 11.6. The summed E-state index contributed by atoms with van der Waals surface area (Å²) in [7, 11) is 0. The molecule has 3 fully saturated rings. The van der Waals surface area contributed by atoms with Crippen molar-refractivity contribution in [2.24, 2.45) is 0 Å². The van der Waals surface area contributed by atoms with Gasteiger partial charge in [-0.3, -0.25) is 4.79 Å². The summed E-state index contributed by atoms with van der Waals surface area (Å²) in [5.74, 6) is -0.637. The largest absolute Gasteiger partial charge is 0.394 e. The number of nitrogens with one attached hydrogen (secondary N) is 1. The summed E-state index contributed by atoms with van der Waals surface area (Å²) in [4.78, 5) is 11.6. The van der Waals surface area contributed by atoms with Gasteiger partial charge in [-0.15, -0.1) is 0 Å². The molecule has 0 unspecified atom stereocenters. The van der Waals surface area contributed by atoms with Crippen molar-refractivity contribution in [2.75, 3.05) is 19.8 Å². The van der Waals surface area contributed by atoms with Crippen LogP contribution in [0, 0.1) is 0 Å². The molecule has 17 nitrogen and oxygen atoms in total. The van der Waals surface area contributed by atoms with Gasteiger partial charge in [0.2, 0.25) is 5.91 Å². The third kappa shape index (κ3) is 6.38. The van der Waals surface area contributed by atoms with E-state index in [4.69, 9.17) is 23.7 Å². The normalized spacial score (nSPS) is 49.0. The summed E-state index contributed by atoms with van der Waals surface area (Å²) in [5, 5.41) is 103. The first-order valence-corrected chi connectivity index (χ1v) is 11.6. The van der Waals surface area contributed by atoms with Crippen LogP contribution in [0.4, 0.5) is 0 Å². The van der Waals surface area contributed by atoms with Gasteiger partial charge in [0.15, 0.2) is 18.9 Å². The number of ether oxygens (including phenoxy) is 5. The molecule has 0 aromatic carbocycles. The number of rotatable bonds is 8. The van der Waals surface area contributed by atoms with Crippen LogP contribution in [-0.2, 0) is 28.5 Å². The van der Waals surface area contributed by atoms with E-state index in [0.29, 0.717) is 0 Å². The van der Waals surface area contributed by atoms with E-state index in [-0.39, 0.29) is 0 Å². The summed E-state index contributed by atoms with van der Waals surface area (Å²) >= 11 is 0. The smallest absolute Gasteiger partial charge is 0.217 e. The maximum Gasteiger partial charge on any atom is 0.217 e. The highest BCUT2D eigenvalue weighted by molar-refractivity contribution is 5.73. The van der Waals surface area contributed by atoms with Gasteiger partial charge < -0.3 is 80.1 Å². The van der Waals surface area contributed by atoms with Crippen molar-refractivity contribution in [3.05, 3.63) is 0 Å². The molecule has 0 aromatic rings. The molecule has 1 amide bonds. The van der Waals surface area contributed by atoms with Gasteiger partial charge in [-0.25, -0.2) is 0 Å². The standard InChI is InChI=1S/C20H35NO16/c1-5(25)21-9-11(27)10(26)6(2-22)34-19(9)36-17-8(4-24)35-20(15(31)13(17)29)37-16-7(3-23)33-18(32)14(30)12(16)28/h6-20,22-24,26-32H,2-4H2,1H3,(H,21,25)/t6-,7-,8-,9+,10-,11-,12-,13-,14-,15-,16-,17-,18+,19+,20-/m1/s1. The van der Waals surface area contributed by atoms with Crippen molar-refractivity contribution in [1.82, 2.24) is 5.32 Å². The monoisotopic (exact) mass is 545 g/mol. The zero-order valence-corrected chi connectivity index (χ0v) is 19.7. The lowest BCUT2D eigenvalue weighted by Gasteiger charge is -2.48. The van der Waals surface area contributed by atoms with E-state index in [1.54, 1.807) is 0 Å². The third-order valence-electron chi connectivity index (χ3n) is 6.49. The second kappa shape index (κ2) is 12.8. The van der Waals surface area contributed by atoms with Crippen LogP contribution >= 0.6 is 0 Å². The first kappa shape index (κ1) is 30.4. The number of carbonyl (C=O) groups is 1. The highest BCUT2D eigenvalue weighted by atomic mass is 16.7. The minimum atomic E-state index is -1.92. The summed E-state index contributed by atoms with van der Waals surface area (Å²) in [6.07, 6.45) is -23.1. The van der Waals surface area contributed by atoms with E-state index in [1.165, 1.54) is 0 Å². The quantitative estimate of drug-likeness (QED) is 0.135. The van der Waals surface area contributed by atoms with Crippen molar-refractivity contribution >= 4 is 5.91 Å². The Hall–Kier alpha value is -1.13. The van der Waals surface area contributed by atoms with E-state index in [9.17, 15) is 55.9 Å². The predicted octanol–water partition coefficient (Wildman–Crippen LogP) is -7.43. The van der Waals surface area contributed by atoms with E-state index in [1.807, 2.05) is 0 Å². The minimum absolute atomic E-state index is 0.637. The van der Waals surface area contributed by atoms with Crippen molar-refractivity contribution in [1.29, 1.82) is 0 Å². The molecule has 216 valence electrons. The van der Waals surface area contributed by atoms with Gasteiger partial charge in [-0.2, -0.15) is 0 Å². The van der Waals surface area contributed by atoms with E-state index < -0.39 is 118 Å². The second-order valence-corrected chi connectivity index (χ2v) is 9.07. The molecule has 3 saturated heterocycles. The molecule has 17 heteroatoms. The molecule has 0 saturated carbocycles. The number of amides is 1. The van der Waals surface area contributed by atoms with Crippen LogP contribution in [0.5, 0.6) is 0 Å². The van der Waals surface area contributed by atoms with Gasteiger partial charge in [-0.1, -0.05) is 0 Å². The van der Waals surface area contributed by atoms with Crippen molar-refractivity contribution in [3.8, 4) is 0 Å². The topological polar surface area (TPSA) is 278 Å². The van der Waals surface area contributed by atoms with Crippen LogP contribution < -0.4 is 5.32 Å². The zero-order valence-electron chi connectivity index (χ0n) is 19.7. The van der Waals surface area contributed by atoms with Gasteiger partial charge in [0, 0.05) is 6.92 Å². The molecular formula is C20H35NO16. The molecule has 0 aliphatic carbocycles. The molecule has 0 spiro atoms. The number of aliphatic hydroxyl groups is 10. The van der Waals surface area contributed by atoms with Crippen LogP contribution in [0.1, 0.15) is 6.92 Å². The Morgan fingerprint density at radius 3 is 1.68 bits per heavy atom. The molecule has 3 heterocycles. The number of carbonyl (C=O) groups excluding carboxylic acids is 1. The Morgan fingerprint density at radius 2 is 1.14 bits per heavy atom. The lowest BCUT2D eigenvalue weighted by molar-refractivity contribution is -0.372. The highest BCUT2D eigenvalue weighted by Gasteiger charge is 2.53. The molecule has 0 aromatic heterocycles. The van der Waals surface area contributed by atoms with E-state index >= 15 is 0 Å². The van der Waals surface area contributed by atoms with E-state index in [2.05, 4.69) is 5.32 Å². The number of aliphatic hydroxyl groups excluding tert-OH is 10. The van der Waals surface area contributed by atoms with Crippen molar-refractivity contribution < 1.29 is 79.5 Å². The summed E-state index contributed by atoms with van der Waals surface area (Å²) in [6.45, 7) is -1.21. The molecule has 0 bridgehead atoms. The second-order valence-electron chi connectivity index (χ2n) is 9.07. The molecule has 3 aliphatic heterocycles. The Labute approximate surface area is 210 Å². The van der Waals surface area contributed by atoms with Crippen molar-refractivity contribution in [2.45, 2.75) is 99.0 Å². The average Bonchev–Trinajstić information content (AvgIpc) is 2.87. The van der Waals surface area contributed by atoms with Crippen molar-refractivity contribution in [3.63, 3.8) is 0 Å². The van der Waals surface area contributed by atoms with Crippen LogP contribution in [-0.4, -0.2) is 169 Å². The summed E-state index contributed by atoms with van der Waals surface area (Å²) in [5.41, 5.74) is 0. The average molecular weight is 545 g/mol. The first-order chi connectivity index (χ1) is 17.4. The number of hydrogen-bond acceptors (Lipinski definition) is 16. The van der Waals surface area contributed by atoms with Gasteiger partial charge >= 0.3 is 0 Å². The number of hydrogen-bond donors (Lipinski definition) is 11. The molecule has 3 aliphatic rings. The predicted molar refractivity (Wildman–Crippen MR) is 113 cm³/mol. The van der Waals surface area contributed by atoms with Gasteiger partial charge in [0.1, 0.15) is 73.2 Å². The SMILES string of the molecule is CC(=O)N[C@@H]1[C@H](O[C@H]2[C@H](O)[C@@H](O)[C@@H](O[C@H]3[C@H](O)[C@@H](O)[C@@H](O)O[C@@H]3CO)O[C@@H]2CO)O[C@H](CO)[C@@H](O)[C@@H]1O. The molecule has 0 radical (unpaired) electrons. The molecule has 37 heavy (non-hydrogen) atoms. The fraction of sp³-hybridized carbons (Fsp3) is 0.950. The third-order valence-corrected chi connectivity index (χ3v) is 6.49. The molecule has 11 N–H and O–H groups in total. The summed E-state index contributed by atoms with van der Waals surface area (Å²) in [6, 6.07) is -1.39. The Balaban J connectivity index is 1.77. The van der Waals surface area contributed by atoms with Crippen LogP contribution in [0.15, 0.2) is 0 Å².